The second-order valence-electron chi connectivity index (χ2n) is 7.43. The summed E-state index contributed by atoms with van der Waals surface area (Å²) in [4.78, 5) is 39.2. The van der Waals surface area contributed by atoms with Gasteiger partial charge in [-0.1, -0.05) is 47.4 Å². The fourth-order valence-corrected chi connectivity index (χ4v) is 8.04. The Hall–Kier alpha value is -2.17. The zero-order valence-corrected chi connectivity index (χ0v) is 21.8. The lowest BCUT2D eigenvalue weighted by Gasteiger charge is -2.49. The molecular weight excluding hydrogens is 560 g/mol. The lowest BCUT2D eigenvalue weighted by molar-refractivity contribution is -0.150. The Morgan fingerprint density at radius 2 is 2.00 bits per heavy atom. The molecular formula is C19H17ClN4O7S4. The third-order valence-electron chi connectivity index (χ3n) is 5.12. The van der Waals surface area contributed by atoms with Crippen LogP contribution in [0.25, 0.3) is 0 Å². The highest BCUT2D eigenvalue weighted by atomic mass is 35.5. The van der Waals surface area contributed by atoms with E-state index < -0.39 is 44.6 Å². The van der Waals surface area contributed by atoms with Crippen molar-refractivity contribution in [3.8, 4) is 0 Å². The van der Waals surface area contributed by atoms with Crippen LogP contribution >= 0.6 is 46.5 Å². The van der Waals surface area contributed by atoms with E-state index in [0.29, 0.717) is 19.8 Å². The molecule has 3 N–H and O–H groups in total. The zero-order chi connectivity index (χ0) is 25.5. The fourth-order valence-electron chi connectivity index (χ4n) is 3.56. The number of nitrogens with one attached hydrogen (secondary N) is 1. The first-order valence-electron chi connectivity index (χ1n) is 9.81. The second-order valence-corrected chi connectivity index (χ2v) is 12.8. The molecule has 1 saturated heterocycles. The van der Waals surface area contributed by atoms with Crippen molar-refractivity contribution in [2.24, 2.45) is 0 Å². The molecule has 4 rings (SSSR count). The van der Waals surface area contributed by atoms with Gasteiger partial charge in [-0.15, -0.1) is 33.6 Å². The molecule has 0 saturated carbocycles. The van der Waals surface area contributed by atoms with Crippen molar-refractivity contribution in [1.82, 2.24) is 20.4 Å². The number of amides is 2. The van der Waals surface area contributed by atoms with E-state index in [0.717, 1.165) is 16.7 Å². The third kappa shape index (κ3) is 5.20. The summed E-state index contributed by atoms with van der Waals surface area (Å²) < 4.78 is 34.3. The first-order chi connectivity index (χ1) is 16.5. The molecule has 35 heavy (non-hydrogen) atoms. The van der Waals surface area contributed by atoms with Gasteiger partial charge in [-0.05, 0) is 18.1 Å². The molecule has 0 radical (unpaired) electrons. The number of hydrogen-bond acceptors (Lipinski definition) is 10. The number of halogens is 1. The molecule has 1 aromatic carbocycles. The van der Waals surface area contributed by atoms with Gasteiger partial charge in [0.2, 0.25) is 5.91 Å². The highest BCUT2D eigenvalue weighted by Gasteiger charge is 2.55. The Kier molecular flexibility index (Phi) is 7.45. The number of hydrogen-bond donors (Lipinski definition) is 3. The number of rotatable bonds is 8. The van der Waals surface area contributed by atoms with E-state index >= 15 is 0 Å². The maximum atomic E-state index is 12.9. The van der Waals surface area contributed by atoms with Gasteiger partial charge in [-0.2, -0.15) is 8.42 Å². The summed E-state index contributed by atoms with van der Waals surface area (Å²) in [6.07, 6.45) is 0. The van der Waals surface area contributed by atoms with Gasteiger partial charge in [-0.3, -0.25) is 19.0 Å². The van der Waals surface area contributed by atoms with Gasteiger partial charge < -0.3 is 10.4 Å². The Labute approximate surface area is 217 Å². The summed E-state index contributed by atoms with van der Waals surface area (Å²) in [7, 11) is -4.87. The first kappa shape index (κ1) is 25.9. The quantitative estimate of drug-likeness (QED) is 0.239. The lowest BCUT2D eigenvalue weighted by Crippen LogP contribution is -2.70. The fraction of sp³-hybridized carbons (Fsp3) is 0.316. The Morgan fingerprint density at radius 1 is 1.31 bits per heavy atom. The van der Waals surface area contributed by atoms with Crippen molar-refractivity contribution in [1.29, 1.82) is 0 Å². The van der Waals surface area contributed by atoms with Gasteiger partial charge in [0.15, 0.2) is 9.59 Å². The van der Waals surface area contributed by atoms with Gasteiger partial charge in [0, 0.05) is 16.5 Å². The number of carbonyl (C=O) groups is 3. The van der Waals surface area contributed by atoms with Crippen molar-refractivity contribution in [2.45, 2.75) is 33.8 Å². The molecule has 0 bridgehead atoms. The summed E-state index contributed by atoms with van der Waals surface area (Å²) in [5.41, 5.74) is 0.458. The van der Waals surface area contributed by atoms with Crippen molar-refractivity contribution in [3.63, 3.8) is 0 Å². The van der Waals surface area contributed by atoms with Crippen LogP contribution in [0.5, 0.6) is 0 Å². The van der Waals surface area contributed by atoms with Crippen molar-refractivity contribution in [2.75, 3.05) is 5.75 Å². The molecule has 0 aliphatic carbocycles. The monoisotopic (exact) mass is 576 g/mol. The van der Waals surface area contributed by atoms with Crippen LogP contribution in [0.1, 0.15) is 21.4 Å². The van der Waals surface area contributed by atoms with E-state index in [-0.39, 0.29) is 22.9 Å². The minimum Gasteiger partial charge on any atom is -0.477 e. The number of fused-ring (bicyclic) bond motifs is 1. The number of aromatic nitrogens is 2. The van der Waals surface area contributed by atoms with Crippen molar-refractivity contribution >= 4 is 74.4 Å². The zero-order valence-electron chi connectivity index (χ0n) is 17.7. The number of carboxylic acids is 1. The average molecular weight is 577 g/mol. The molecule has 1 aromatic heterocycles. The number of nitrogens with zero attached hydrogens (tertiary/aromatic N) is 3. The average Bonchev–Trinajstić information content (AvgIpc) is 3.21. The molecule has 3 unspecified atom stereocenters. The molecule has 2 amide bonds. The van der Waals surface area contributed by atoms with Crippen LogP contribution in [0.15, 0.2) is 39.2 Å². The molecule has 0 spiro atoms. The number of aryl methyl sites for hydroxylation is 1. The summed E-state index contributed by atoms with van der Waals surface area (Å²) in [5, 5.41) is 18.0. The number of carbonyl (C=O) groups excluding carboxylic acids is 2. The molecule has 3 atom stereocenters. The van der Waals surface area contributed by atoms with E-state index in [1.165, 1.54) is 47.4 Å². The van der Waals surface area contributed by atoms with Crippen LogP contribution in [-0.4, -0.2) is 68.1 Å². The van der Waals surface area contributed by atoms with Crippen LogP contribution in [0, 0.1) is 6.92 Å². The molecule has 2 aliphatic heterocycles. The summed E-state index contributed by atoms with van der Waals surface area (Å²) in [5.74, 6) is -2.71. The Bertz CT molecular complexity index is 1330. The standard InChI is InChI=1S/C19H17ClN4O7S4/c1-8-22-23-19(33-8)34-11-7-32-17-12(16(26)24(17)13(11)18(27)28)21-15(25)14(35(29,30)31)10-4-2-9(6-20)3-5-10/h2-5,12,14,17H,6-7H2,1H3,(H,21,25)(H,27,28)(H,29,30,31). The van der Waals surface area contributed by atoms with Crippen molar-refractivity contribution in [3.05, 3.63) is 51.0 Å². The first-order valence-corrected chi connectivity index (χ1v) is 14.5. The summed E-state index contributed by atoms with van der Waals surface area (Å²) in [6.45, 7) is 1.76. The molecule has 2 aliphatic rings. The van der Waals surface area contributed by atoms with Gasteiger partial charge >= 0.3 is 5.97 Å². The van der Waals surface area contributed by atoms with Gasteiger partial charge in [-0.25, -0.2) is 4.79 Å². The minimum absolute atomic E-state index is 0.00375. The predicted octanol–water partition coefficient (Wildman–Crippen LogP) is 2.00. The van der Waals surface area contributed by atoms with Crippen LogP contribution < -0.4 is 5.32 Å². The van der Waals surface area contributed by atoms with Crippen LogP contribution in [0.4, 0.5) is 0 Å². The van der Waals surface area contributed by atoms with Gasteiger partial charge in [0.1, 0.15) is 22.1 Å². The molecule has 16 heteroatoms. The Morgan fingerprint density at radius 3 is 2.54 bits per heavy atom. The van der Waals surface area contributed by atoms with Crippen LogP contribution in [-0.2, 0) is 30.4 Å². The summed E-state index contributed by atoms with van der Waals surface area (Å²) in [6, 6.07) is 4.57. The highest BCUT2D eigenvalue weighted by molar-refractivity contribution is 8.07. The number of β-lactam (4-membered cyclic amide) rings is 1. The predicted molar refractivity (Wildman–Crippen MR) is 130 cm³/mol. The van der Waals surface area contributed by atoms with Gasteiger partial charge in [0.05, 0.1) is 0 Å². The number of aliphatic carboxylic acids is 1. The van der Waals surface area contributed by atoms with Crippen LogP contribution in [0.2, 0.25) is 0 Å². The highest BCUT2D eigenvalue weighted by Crippen LogP contribution is 2.45. The van der Waals surface area contributed by atoms with Crippen molar-refractivity contribution < 1.29 is 32.5 Å². The van der Waals surface area contributed by atoms with E-state index in [1.807, 2.05) is 0 Å². The number of carboxylic acid groups (broad SMARTS) is 1. The van der Waals surface area contributed by atoms with E-state index in [9.17, 15) is 32.5 Å². The maximum Gasteiger partial charge on any atom is 0.353 e. The second kappa shape index (κ2) is 10.1. The van der Waals surface area contributed by atoms with E-state index in [2.05, 4.69) is 15.5 Å². The molecule has 2 aromatic rings. The molecule has 1 fully saturated rings. The third-order valence-corrected chi connectivity index (χ3v) is 9.95. The SMILES string of the molecule is Cc1nnc(SC2=C(C(=O)O)N3C(=O)C(NC(=O)C(c4ccc(CCl)cc4)S(=O)(=O)O)C3SC2)s1. The molecule has 186 valence electrons. The minimum atomic E-state index is -4.87. The van der Waals surface area contributed by atoms with Crippen LogP contribution in [0.3, 0.4) is 0 Å². The van der Waals surface area contributed by atoms with Gasteiger partial charge in [0.25, 0.3) is 16.0 Å². The lowest BCUT2D eigenvalue weighted by atomic mass is 10.0. The summed E-state index contributed by atoms with van der Waals surface area (Å²) >= 11 is 9.35. The number of alkyl halides is 1. The Balaban J connectivity index is 1.55. The van der Waals surface area contributed by atoms with E-state index in [1.54, 1.807) is 6.92 Å². The smallest absolute Gasteiger partial charge is 0.353 e. The topological polar surface area (TPSA) is 167 Å². The number of thioether (sulfide) groups is 2. The van der Waals surface area contributed by atoms with E-state index in [4.69, 9.17) is 11.6 Å². The number of benzene rings is 1. The molecule has 11 nitrogen and oxygen atoms in total. The normalized spacial score (nSPS) is 20.8. The largest absolute Gasteiger partial charge is 0.477 e. The molecule has 3 heterocycles. The maximum absolute atomic E-state index is 12.9.